The minimum Gasteiger partial charge on any atom is -0.484 e. The van der Waals surface area contributed by atoms with E-state index >= 15 is 0 Å². The Hall–Kier alpha value is -2.34. The third kappa shape index (κ3) is 3.94. The first kappa shape index (κ1) is 16.5. The Balaban J connectivity index is 1.78. The van der Waals surface area contributed by atoms with Crippen LogP contribution in [-0.2, 0) is 14.6 Å². The fraction of sp³-hybridized carbons (Fsp3) is 0.278. The van der Waals surface area contributed by atoms with Crippen LogP contribution in [0, 0.1) is 0 Å². The third-order valence-electron chi connectivity index (χ3n) is 3.98. The highest BCUT2D eigenvalue weighted by molar-refractivity contribution is 7.91. The Labute approximate surface area is 141 Å². The van der Waals surface area contributed by atoms with E-state index in [0.29, 0.717) is 17.9 Å². The van der Waals surface area contributed by atoms with Crippen molar-refractivity contribution in [3.05, 3.63) is 60.7 Å². The number of amides is 1. The van der Waals surface area contributed by atoms with Crippen LogP contribution in [0.1, 0.15) is 6.42 Å². The van der Waals surface area contributed by atoms with Gasteiger partial charge in [0.05, 0.1) is 17.5 Å². The Kier molecular flexibility index (Phi) is 4.85. The summed E-state index contributed by atoms with van der Waals surface area (Å²) in [6.07, 6.45) is 0.453. The molecule has 0 saturated carbocycles. The molecule has 0 spiro atoms. The van der Waals surface area contributed by atoms with Gasteiger partial charge in [0.15, 0.2) is 16.4 Å². The number of ether oxygens (including phenoxy) is 1. The van der Waals surface area contributed by atoms with Crippen LogP contribution in [0.3, 0.4) is 0 Å². The van der Waals surface area contributed by atoms with Gasteiger partial charge >= 0.3 is 0 Å². The predicted octanol–water partition coefficient (Wildman–Crippen LogP) is 2.29. The highest BCUT2D eigenvalue weighted by Gasteiger charge is 2.35. The molecule has 1 fully saturated rings. The minimum atomic E-state index is -3.08. The molecule has 0 aliphatic carbocycles. The number of hydrogen-bond donors (Lipinski definition) is 0. The van der Waals surface area contributed by atoms with Gasteiger partial charge in [0.25, 0.3) is 5.91 Å². The lowest BCUT2D eigenvalue weighted by atomic mass is 10.2. The molecule has 1 aliphatic heterocycles. The van der Waals surface area contributed by atoms with E-state index in [1.807, 2.05) is 48.5 Å². The summed E-state index contributed by atoms with van der Waals surface area (Å²) >= 11 is 0. The van der Waals surface area contributed by atoms with Crippen LogP contribution in [0.2, 0.25) is 0 Å². The van der Waals surface area contributed by atoms with Gasteiger partial charge in [-0.3, -0.25) is 4.79 Å². The zero-order valence-corrected chi connectivity index (χ0v) is 14.0. The van der Waals surface area contributed by atoms with E-state index in [1.165, 1.54) is 0 Å². The van der Waals surface area contributed by atoms with Gasteiger partial charge in [-0.05, 0) is 30.7 Å². The normalized spacial score (nSPS) is 18.9. The van der Waals surface area contributed by atoms with Crippen LogP contribution in [0.5, 0.6) is 5.75 Å². The molecule has 1 saturated heterocycles. The molecule has 2 aromatic rings. The average Bonchev–Trinajstić information content (AvgIpc) is 2.95. The molecule has 1 amide bonds. The quantitative estimate of drug-likeness (QED) is 0.834. The first-order valence-corrected chi connectivity index (χ1v) is 9.63. The van der Waals surface area contributed by atoms with Gasteiger partial charge < -0.3 is 9.64 Å². The fourth-order valence-electron chi connectivity index (χ4n) is 2.86. The van der Waals surface area contributed by atoms with Gasteiger partial charge in [-0.1, -0.05) is 36.4 Å². The van der Waals surface area contributed by atoms with Crippen molar-refractivity contribution in [2.75, 3.05) is 23.0 Å². The van der Waals surface area contributed by atoms with E-state index in [4.69, 9.17) is 4.74 Å². The highest BCUT2D eigenvalue weighted by Crippen LogP contribution is 2.24. The van der Waals surface area contributed by atoms with Gasteiger partial charge in [-0.25, -0.2) is 8.42 Å². The SMILES string of the molecule is O=C(COc1ccccc1)N(c1ccccc1)[C@H]1CCS(=O)(=O)C1. The Bertz CT molecular complexity index is 790. The van der Waals surface area contributed by atoms with Crippen LogP contribution in [0.25, 0.3) is 0 Å². The van der Waals surface area contributed by atoms with Crippen LogP contribution in [0.4, 0.5) is 5.69 Å². The molecule has 0 radical (unpaired) electrons. The monoisotopic (exact) mass is 345 g/mol. The predicted molar refractivity (Wildman–Crippen MR) is 92.9 cm³/mol. The number of para-hydroxylation sites is 2. The van der Waals surface area contributed by atoms with Crippen LogP contribution in [0.15, 0.2) is 60.7 Å². The van der Waals surface area contributed by atoms with Crippen molar-refractivity contribution in [1.29, 1.82) is 0 Å². The molecule has 0 N–H and O–H groups in total. The van der Waals surface area contributed by atoms with Crippen LogP contribution in [-0.4, -0.2) is 38.5 Å². The van der Waals surface area contributed by atoms with Crippen molar-refractivity contribution in [3.8, 4) is 5.75 Å². The minimum absolute atomic E-state index is 0.00102. The van der Waals surface area contributed by atoms with Crippen LogP contribution >= 0.6 is 0 Å². The first-order chi connectivity index (χ1) is 11.6. The molecule has 0 unspecified atom stereocenters. The molecule has 24 heavy (non-hydrogen) atoms. The Morgan fingerprint density at radius 2 is 1.67 bits per heavy atom. The molecule has 0 bridgehead atoms. The molecule has 126 valence electrons. The Morgan fingerprint density at radius 3 is 2.25 bits per heavy atom. The topological polar surface area (TPSA) is 63.7 Å². The summed E-state index contributed by atoms with van der Waals surface area (Å²) in [6, 6.07) is 17.9. The van der Waals surface area contributed by atoms with Crippen molar-refractivity contribution in [2.45, 2.75) is 12.5 Å². The van der Waals surface area contributed by atoms with Crippen molar-refractivity contribution >= 4 is 21.4 Å². The highest BCUT2D eigenvalue weighted by atomic mass is 32.2. The van der Waals surface area contributed by atoms with Crippen molar-refractivity contribution in [3.63, 3.8) is 0 Å². The summed E-state index contributed by atoms with van der Waals surface area (Å²) in [4.78, 5) is 14.3. The number of nitrogens with zero attached hydrogens (tertiary/aromatic N) is 1. The molecule has 2 aromatic carbocycles. The van der Waals surface area contributed by atoms with E-state index in [1.54, 1.807) is 17.0 Å². The van der Waals surface area contributed by atoms with Gasteiger partial charge in [-0.15, -0.1) is 0 Å². The molecule has 1 aliphatic rings. The zero-order valence-electron chi connectivity index (χ0n) is 13.2. The number of benzene rings is 2. The van der Waals surface area contributed by atoms with Crippen molar-refractivity contribution < 1.29 is 17.9 Å². The lowest BCUT2D eigenvalue weighted by Crippen LogP contribution is -2.43. The molecule has 1 heterocycles. The maximum atomic E-state index is 12.7. The standard InChI is InChI=1S/C18H19NO4S/c20-18(13-23-17-9-5-2-6-10-17)19(15-7-3-1-4-8-15)16-11-12-24(21,22)14-16/h1-10,16H,11-14H2/t16-/m0/s1. The lowest BCUT2D eigenvalue weighted by molar-refractivity contribution is -0.121. The summed E-state index contributed by atoms with van der Waals surface area (Å²) < 4.78 is 29.2. The number of hydrogen-bond acceptors (Lipinski definition) is 4. The summed E-state index contributed by atoms with van der Waals surface area (Å²) in [5.41, 5.74) is 0.696. The smallest absolute Gasteiger partial charge is 0.265 e. The number of anilines is 1. The third-order valence-corrected chi connectivity index (χ3v) is 5.73. The Morgan fingerprint density at radius 1 is 1.04 bits per heavy atom. The largest absolute Gasteiger partial charge is 0.484 e. The maximum absolute atomic E-state index is 12.7. The number of rotatable bonds is 5. The van der Waals surface area contributed by atoms with Gasteiger partial charge in [0.1, 0.15) is 5.75 Å². The second-order valence-corrected chi connectivity index (χ2v) is 7.99. The van der Waals surface area contributed by atoms with Gasteiger partial charge in [-0.2, -0.15) is 0 Å². The van der Waals surface area contributed by atoms with Crippen molar-refractivity contribution in [2.24, 2.45) is 0 Å². The van der Waals surface area contributed by atoms with Crippen molar-refractivity contribution in [1.82, 2.24) is 0 Å². The van der Waals surface area contributed by atoms with Gasteiger partial charge in [0, 0.05) is 5.69 Å². The van der Waals surface area contributed by atoms with E-state index in [-0.39, 0.29) is 30.1 Å². The summed E-state index contributed by atoms with van der Waals surface area (Å²) in [5, 5.41) is 0. The van der Waals surface area contributed by atoms with E-state index in [9.17, 15) is 13.2 Å². The van der Waals surface area contributed by atoms with Crippen LogP contribution < -0.4 is 9.64 Å². The molecule has 5 nitrogen and oxygen atoms in total. The lowest BCUT2D eigenvalue weighted by Gasteiger charge is -2.28. The summed E-state index contributed by atoms with van der Waals surface area (Å²) in [5.74, 6) is 0.484. The molecular weight excluding hydrogens is 326 g/mol. The molecule has 6 heteroatoms. The average molecular weight is 345 g/mol. The zero-order chi connectivity index (χ0) is 17.0. The van der Waals surface area contributed by atoms with E-state index in [2.05, 4.69) is 0 Å². The number of carbonyl (C=O) groups excluding carboxylic acids is 1. The van der Waals surface area contributed by atoms with E-state index in [0.717, 1.165) is 0 Å². The summed E-state index contributed by atoms with van der Waals surface area (Å²) in [6.45, 7) is -0.130. The summed E-state index contributed by atoms with van der Waals surface area (Å²) in [7, 11) is -3.08. The molecular formula is C18H19NO4S. The number of sulfone groups is 1. The maximum Gasteiger partial charge on any atom is 0.265 e. The molecule has 0 aromatic heterocycles. The number of carbonyl (C=O) groups is 1. The van der Waals surface area contributed by atoms with Gasteiger partial charge in [0.2, 0.25) is 0 Å². The van der Waals surface area contributed by atoms with E-state index < -0.39 is 9.84 Å². The molecule has 1 atom stereocenters. The second-order valence-electron chi connectivity index (χ2n) is 5.76. The first-order valence-electron chi connectivity index (χ1n) is 7.80. The molecule has 3 rings (SSSR count). The second kappa shape index (κ2) is 7.05. The fourth-order valence-corrected chi connectivity index (χ4v) is 4.56.